The molecule has 0 saturated heterocycles. The van der Waals surface area contributed by atoms with E-state index in [1.165, 1.54) is 0 Å². The molecule has 0 atom stereocenters. The lowest BCUT2D eigenvalue weighted by molar-refractivity contribution is 0.241. The maximum atomic E-state index is 11.0. The number of hydrogen-bond acceptors (Lipinski definition) is 2. The molecule has 4 heteroatoms. The van der Waals surface area contributed by atoms with Crippen LogP contribution in [0, 0.1) is 0 Å². The van der Waals surface area contributed by atoms with Crippen molar-refractivity contribution in [1.82, 2.24) is 10.6 Å². The van der Waals surface area contributed by atoms with Crippen molar-refractivity contribution in [3.05, 3.63) is 11.8 Å². The van der Waals surface area contributed by atoms with E-state index in [1.54, 1.807) is 6.20 Å². The smallest absolute Gasteiger partial charge is 0.318 e. The number of allylic oxidation sites excluding steroid dienone is 1. The number of aliphatic hydroxyl groups is 1. The zero-order valence-electron chi connectivity index (χ0n) is 8.26. The fourth-order valence-corrected chi connectivity index (χ4v) is 0.623. The summed E-state index contributed by atoms with van der Waals surface area (Å²) in [6.45, 7) is 4.58. The third-order valence-electron chi connectivity index (χ3n) is 1.63. The summed E-state index contributed by atoms with van der Waals surface area (Å²) < 4.78 is 0. The minimum absolute atomic E-state index is 0.101. The molecule has 0 fully saturated rings. The minimum Gasteiger partial charge on any atom is -0.396 e. The van der Waals surface area contributed by atoms with Crippen molar-refractivity contribution in [1.29, 1.82) is 0 Å². The second-order valence-corrected chi connectivity index (χ2v) is 2.82. The number of nitrogens with one attached hydrogen (secondary N) is 2. The number of carbonyl (C=O) groups excluding carboxylic acids is 1. The van der Waals surface area contributed by atoms with Crippen LogP contribution in [0.1, 0.15) is 26.7 Å². The summed E-state index contributed by atoms with van der Waals surface area (Å²) in [5.41, 5.74) is 1.12. The van der Waals surface area contributed by atoms with E-state index in [9.17, 15) is 4.79 Å². The topological polar surface area (TPSA) is 61.4 Å². The van der Waals surface area contributed by atoms with Crippen LogP contribution in [0.4, 0.5) is 4.79 Å². The highest BCUT2D eigenvalue weighted by Crippen LogP contribution is 1.94. The predicted octanol–water partition coefficient (Wildman–Crippen LogP) is 0.982. The molecule has 0 heterocycles. The van der Waals surface area contributed by atoms with Crippen molar-refractivity contribution in [2.24, 2.45) is 0 Å². The Morgan fingerprint density at radius 3 is 2.77 bits per heavy atom. The summed E-state index contributed by atoms with van der Waals surface area (Å²) in [7, 11) is 0. The maximum Gasteiger partial charge on any atom is 0.318 e. The van der Waals surface area contributed by atoms with Crippen molar-refractivity contribution >= 4 is 6.03 Å². The van der Waals surface area contributed by atoms with Crippen LogP contribution in [-0.2, 0) is 0 Å². The van der Waals surface area contributed by atoms with Crippen molar-refractivity contribution in [3.8, 4) is 0 Å². The molecule has 0 aliphatic heterocycles. The molecule has 0 aliphatic carbocycles. The van der Waals surface area contributed by atoms with Gasteiger partial charge in [0.05, 0.1) is 0 Å². The Hall–Kier alpha value is -1.03. The van der Waals surface area contributed by atoms with Gasteiger partial charge in [0.1, 0.15) is 0 Å². The van der Waals surface area contributed by atoms with E-state index in [4.69, 9.17) is 5.11 Å². The molecule has 0 radical (unpaired) electrons. The van der Waals surface area contributed by atoms with Gasteiger partial charge in [0.2, 0.25) is 0 Å². The molecule has 0 bridgehead atoms. The highest BCUT2D eigenvalue weighted by molar-refractivity contribution is 5.74. The molecule has 0 unspecified atom stereocenters. The monoisotopic (exact) mass is 186 g/mol. The zero-order valence-corrected chi connectivity index (χ0v) is 8.26. The van der Waals surface area contributed by atoms with Crippen molar-refractivity contribution in [3.63, 3.8) is 0 Å². The lowest BCUT2D eigenvalue weighted by Crippen LogP contribution is -2.33. The fourth-order valence-electron chi connectivity index (χ4n) is 0.623. The zero-order chi connectivity index (χ0) is 10.1. The van der Waals surface area contributed by atoms with E-state index < -0.39 is 0 Å². The van der Waals surface area contributed by atoms with Crippen LogP contribution in [0.2, 0.25) is 0 Å². The Bertz CT molecular complexity index is 178. The Morgan fingerprint density at radius 2 is 2.23 bits per heavy atom. The molecule has 2 amide bonds. The number of carbonyl (C=O) groups is 1. The molecule has 0 aliphatic rings. The maximum absolute atomic E-state index is 11.0. The Morgan fingerprint density at radius 1 is 1.54 bits per heavy atom. The van der Waals surface area contributed by atoms with Gasteiger partial charge in [0, 0.05) is 19.4 Å². The van der Waals surface area contributed by atoms with E-state index >= 15 is 0 Å². The first-order valence-corrected chi connectivity index (χ1v) is 4.51. The van der Waals surface area contributed by atoms with Gasteiger partial charge in [0.15, 0.2) is 0 Å². The van der Waals surface area contributed by atoms with Crippen molar-refractivity contribution < 1.29 is 9.90 Å². The van der Waals surface area contributed by atoms with Gasteiger partial charge in [-0.2, -0.15) is 0 Å². The third-order valence-corrected chi connectivity index (χ3v) is 1.63. The number of amides is 2. The van der Waals surface area contributed by atoms with Crippen LogP contribution in [0.3, 0.4) is 0 Å². The molecule has 0 rings (SSSR count). The highest BCUT2D eigenvalue weighted by Gasteiger charge is 1.94. The van der Waals surface area contributed by atoms with E-state index in [2.05, 4.69) is 10.6 Å². The highest BCUT2D eigenvalue weighted by atomic mass is 16.3. The van der Waals surface area contributed by atoms with Gasteiger partial charge in [-0.05, 0) is 19.8 Å². The normalized spacial score (nSPS) is 11.2. The van der Waals surface area contributed by atoms with Crippen LogP contribution >= 0.6 is 0 Å². The number of urea groups is 1. The van der Waals surface area contributed by atoms with Crippen molar-refractivity contribution in [2.75, 3.05) is 13.2 Å². The Kier molecular flexibility index (Phi) is 7.01. The second-order valence-electron chi connectivity index (χ2n) is 2.82. The molecule has 76 valence electrons. The number of rotatable bonds is 5. The van der Waals surface area contributed by atoms with Gasteiger partial charge in [-0.1, -0.05) is 12.5 Å². The largest absolute Gasteiger partial charge is 0.396 e. The van der Waals surface area contributed by atoms with E-state index in [0.29, 0.717) is 13.0 Å². The SMILES string of the molecule is CC/C(C)=C/NC(=O)NCCCO. The summed E-state index contributed by atoms with van der Waals surface area (Å²) in [5, 5.41) is 13.7. The van der Waals surface area contributed by atoms with Gasteiger partial charge >= 0.3 is 6.03 Å². The fraction of sp³-hybridized carbons (Fsp3) is 0.667. The Balaban J connectivity index is 3.51. The van der Waals surface area contributed by atoms with Crippen LogP contribution in [0.25, 0.3) is 0 Å². The Labute approximate surface area is 79.0 Å². The predicted molar refractivity (Wildman–Crippen MR) is 52.3 cm³/mol. The molecule has 0 saturated carbocycles. The van der Waals surface area contributed by atoms with E-state index in [0.717, 1.165) is 12.0 Å². The molecule has 0 aromatic carbocycles. The average Bonchev–Trinajstić information content (AvgIpc) is 2.14. The van der Waals surface area contributed by atoms with Gasteiger partial charge in [-0.3, -0.25) is 0 Å². The molecule has 3 N–H and O–H groups in total. The van der Waals surface area contributed by atoms with Gasteiger partial charge in [-0.15, -0.1) is 0 Å². The summed E-state index contributed by atoms with van der Waals surface area (Å²) in [6, 6.07) is -0.221. The van der Waals surface area contributed by atoms with Crippen molar-refractivity contribution in [2.45, 2.75) is 26.7 Å². The number of hydrogen-bond donors (Lipinski definition) is 3. The molecule has 0 aromatic rings. The molecule has 4 nitrogen and oxygen atoms in total. The average molecular weight is 186 g/mol. The first-order chi connectivity index (χ1) is 6.20. The lowest BCUT2D eigenvalue weighted by Gasteiger charge is -2.03. The van der Waals surface area contributed by atoms with Gasteiger partial charge in [-0.25, -0.2) is 4.79 Å². The van der Waals surface area contributed by atoms with Crippen LogP contribution in [-0.4, -0.2) is 24.3 Å². The standard InChI is InChI=1S/C9H18N2O2/c1-3-8(2)7-11-9(13)10-5-4-6-12/h7,12H,3-6H2,1-2H3,(H2,10,11,13)/b8-7+. The number of aliphatic hydroxyl groups excluding tert-OH is 1. The summed E-state index contributed by atoms with van der Waals surface area (Å²) in [5.74, 6) is 0. The minimum atomic E-state index is -0.221. The third kappa shape index (κ3) is 7.33. The molecular formula is C9H18N2O2. The molecule has 0 spiro atoms. The molecule has 13 heavy (non-hydrogen) atoms. The molecule has 0 aromatic heterocycles. The first kappa shape index (κ1) is 12.0. The molecular weight excluding hydrogens is 168 g/mol. The van der Waals surface area contributed by atoms with E-state index in [-0.39, 0.29) is 12.6 Å². The van der Waals surface area contributed by atoms with Crippen LogP contribution < -0.4 is 10.6 Å². The second kappa shape index (κ2) is 7.61. The van der Waals surface area contributed by atoms with Crippen LogP contribution in [0.15, 0.2) is 11.8 Å². The van der Waals surface area contributed by atoms with Crippen LogP contribution in [0.5, 0.6) is 0 Å². The van der Waals surface area contributed by atoms with Gasteiger partial charge in [0.25, 0.3) is 0 Å². The first-order valence-electron chi connectivity index (χ1n) is 4.51. The lowest BCUT2D eigenvalue weighted by atomic mass is 10.3. The summed E-state index contributed by atoms with van der Waals surface area (Å²) >= 11 is 0. The van der Waals surface area contributed by atoms with Gasteiger partial charge < -0.3 is 15.7 Å². The quantitative estimate of drug-likeness (QED) is 0.560. The summed E-state index contributed by atoms with van der Waals surface area (Å²) in [6.07, 6.45) is 3.20. The summed E-state index contributed by atoms with van der Waals surface area (Å²) in [4.78, 5) is 11.0. The van der Waals surface area contributed by atoms with E-state index in [1.807, 2.05) is 13.8 Å².